The Balaban J connectivity index is 5.06. The van der Waals surface area contributed by atoms with Gasteiger partial charge in [-0.2, -0.15) is 0 Å². The number of hydrogen-bond donors (Lipinski definition) is 0. The third-order valence-electron chi connectivity index (χ3n) is 3.01. The van der Waals surface area contributed by atoms with Crippen LogP contribution in [0, 0.1) is 0 Å². The molecule has 0 aromatic carbocycles. The summed E-state index contributed by atoms with van der Waals surface area (Å²) >= 11 is 0. The Morgan fingerprint density at radius 1 is 0.407 bits per heavy atom. The van der Waals surface area contributed by atoms with Gasteiger partial charge in [0.15, 0.2) is 8.32 Å². The summed E-state index contributed by atoms with van der Waals surface area (Å²) in [5.41, 5.74) is 0. The van der Waals surface area contributed by atoms with Crippen LogP contribution in [0.4, 0.5) is 0 Å². The summed E-state index contributed by atoms with van der Waals surface area (Å²) in [6, 6.07) is 0. The van der Waals surface area contributed by atoms with Gasteiger partial charge in [-0.15, -0.1) is 0 Å². The van der Waals surface area contributed by atoms with E-state index in [9.17, 15) is 0 Å². The zero-order chi connectivity index (χ0) is 21.9. The van der Waals surface area contributed by atoms with E-state index in [1.807, 2.05) is 0 Å². The van der Waals surface area contributed by atoms with Crippen LogP contribution in [0.5, 0.6) is 0 Å². The summed E-state index contributed by atoms with van der Waals surface area (Å²) < 4.78 is 38.2. The van der Waals surface area contributed by atoms with E-state index >= 15 is 0 Å². The summed E-state index contributed by atoms with van der Waals surface area (Å²) in [5.74, 6) is 0. The molecule has 0 spiro atoms. The summed E-state index contributed by atoms with van der Waals surface area (Å²) in [6.07, 6.45) is 0. The molecule has 0 radical (unpaired) electrons. The number of hydrogen-bond acceptors (Lipinski definition) is 6. The van der Waals surface area contributed by atoms with Crippen LogP contribution >= 0.6 is 0 Å². The topological polar surface area (TPSA) is 55.4 Å². The Morgan fingerprint density at radius 3 is 0.926 bits per heavy atom. The summed E-state index contributed by atoms with van der Waals surface area (Å²) in [7, 11) is -13.7. The fourth-order valence-corrected chi connectivity index (χ4v) is 34.1. The van der Waals surface area contributed by atoms with Gasteiger partial charge in [0.1, 0.15) is 9.76 Å². The molecular formula is C14H44O6Si7. The van der Waals surface area contributed by atoms with Crippen molar-refractivity contribution in [3.05, 3.63) is 0 Å². The Labute approximate surface area is 177 Å². The Hall–Kier alpha value is 1.28. The van der Waals surface area contributed by atoms with Crippen molar-refractivity contribution in [2.24, 2.45) is 0 Å². The average molecular weight is 505 g/mol. The number of rotatable bonds is 12. The van der Waals surface area contributed by atoms with Crippen molar-refractivity contribution in [2.45, 2.75) is 91.7 Å². The van der Waals surface area contributed by atoms with Gasteiger partial charge < -0.3 is 24.7 Å². The highest BCUT2D eigenvalue weighted by atomic mass is 28.5. The molecule has 0 aliphatic heterocycles. The molecule has 0 rings (SSSR count). The zero-order valence-corrected chi connectivity index (χ0v) is 27.6. The standard InChI is InChI=1S/C14H44O6Si7/c1-21-15-23(5,6)17-25(9,10)19-27(13,14)20-26(11,12)18-24(7,8)16-22(2,3)4/h21H2,1-14H3. The van der Waals surface area contributed by atoms with Crippen LogP contribution in [0.25, 0.3) is 0 Å². The first-order chi connectivity index (χ1) is 11.6. The van der Waals surface area contributed by atoms with E-state index in [0.29, 0.717) is 0 Å². The molecule has 0 unspecified atom stereocenters. The highest BCUT2D eigenvalue weighted by Gasteiger charge is 2.47. The van der Waals surface area contributed by atoms with Gasteiger partial charge in [0.25, 0.3) is 0 Å². The lowest BCUT2D eigenvalue weighted by molar-refractivity contribution is 0.273. The third kappa shape index (κ3) is 14.0. The SMILES string of the molecule is C[SiH2]O[Si](C)(C)O[Si](C)(C)O[Si](C)(C)O[Si](C)(C)O[Si](C)(C)O[Si](C)(C)C. The van der Waals surface area contributed by atoms with Gasteiger partial charge in [0.2, 0.25) is 0 Å². The van der Waals surface area contributed by atoms with Gasteiger partial charge in [-0.3, -0.25) is 0 Å². The quantitative estimate of drug-likeness (QED) is 0.363. The summed E-state index contributed by atoms with van der Waals surface area (Å²) in [5, 5.41) is 0. The average Bonchev–Trinajstić information content (AvgIpc) is 2.15. The van der Waals surface area contributed by atoms with Crippen LogP contribution in [-0.4, -0.2) is 60.9 Å². The molecule has 0 heterocycles. The molecule has 0 atom stereocenters. The first-order valence-electron chi connectivity index (χ1n) is 9.74. The van der Waals surface area contributed by atoms with E-state index in [-0.39, 0.29) is 0 Å². The van der Waals surface area contributed by atoms with Crippen molar-refractivity contribution < 1.29 is 24.7 Å². The molecule has 0 fully saturated rings. The fourth-order valence-electron chi connectivity index (χ4n) is 3.57. The minimum Gasteiger partial charge on any atom is -0.442 e. The van der Waals surface area contributed by atoms with Crippen LogP contribution in [0.1, 0.15) is 0 Å². The molecule has 0 aromatic rings. The normalized spacial score (nSPS) is 15.8. The lowest BCUT2D eigenvalue weighted by Crippen LogP contribution is -2.60. The van der Waals surface area contributed by atoms with Crippen LogP contribution < -0.4 is 0 Å². The molecule has 0 aliphatic carbocycles. The lowest BCUT2D eigenvalue weighted by atomic mass is 11.8. The second-order valence-electron chi connectivity index (χ2n) is 10.1. The first kappa shape index (κ1) is 28.3. The maximum Gasteiger partial charge on any atom is 0.314 e. The fraction of sp³-hybridized carbons (Fsp3) is 1.00. The van der Waals surface area contributed by atoms with Gasteiger partial charge >= 0.3 is 42.8 Å². The maximum absolute atomic E-state index is 6.53. The van der Waals surface area contributed by atoms with Crippen molar-refractivity contribution in [2.75, 3.05) is 0 Å². The van der Waals surface area contributed by atoms with Crippen molar-refractivity contribution >= 4 is 60.9 Å². The molecule has 0 saturated carbocycles. The summed E-state index contributed by atoms with van der Waals surface area (Å²) in [4.78, 5) is 0. The molecule has 27 heavy (non-hydrogen) atoms. The van der Waals surface area contributed by atoms with E-state index in [1.54, 1.807) is 0 Å². The molecule has 0 aliphatic rings. The maximum atomic E-state index is 6.53. The second kappa shape index (κ2) is 9.61. The van der Waals surface area contributed by atoms with E-state index in [4.69, 9.17) is 24.7 Å². The molecule has 164 valence electrons. The highest BCUT2D eigenvalue weighted by Crippen LogP contribution is 2.27. The van der Waals surface area contributed by atoms with Crippen molar-refractivity contribution in [1.29, 1.82) is 0 Å². The van der Waals surface area contributed by atoms with E-state index in [2.05, 4.69) is 91.7 Å². The van der Waals surface area contributed by atoms with Crippen LogP contribution in [0.2, 0.25) is 91.7 Å². The predicted molar refractivity (Wildman–Crippen MR) is 132 cm³/mol. The Morgan fingerprint density at radius 2 is 0.667 bits per heavy atom. The van der Waals surface area contributed by atoms with Crippen molar-refractivity contribution in [3.8, 4) is 0 Å². The molecule has 0 N–H and O–H groups in total. The van der Waals surface area contributed by atoms with Crippen molar-refractivity contribution in [1.82, 2.24) is 0 Å². The Bertz CT molecular complexity index is 477. The van der Waals surface area contributed by atoms with Gasteiger partial charge in [-0.25, -0.2) is 0 Å². The predicted octanol–water partition coefficient (Wildman–Crippen LogP) is 4.56. The van der Waals surface area contributed by atoms with Gasteiger partial charge in [0, 0.05) is 0 Å². The minimum absolute atomic E-state index is 0.498. The van der Waals surface area contributed by atoms with E-state index < -0.39 is 60.9 Å². The highest BCUT2D eigenvalue weighted by molar-refractivity contribution is 6.91. The Kier molecular flexibility index (Phi) is 10.1. The molecule has 6 nitrogen and oxygen atoms in total. The smallest absolute Gasteiger partial charge is 0.314 e. The van der Waals surface area contributed by atoms with Gasteiger partial charge in [0.05, 0.1) is 0 Å². The second-order valence-corrected chi connectivity index (χ2v) is 34.1. The minimum atomic E-state index is -2.43. The molecule has 0 bridgehead atoms. The molecule has 0 saturated heterocycles. The monoisotopic (exact) mass is 504 g/mol. The van der Waals surface area contributed by atoms with Crippen LogP contribution in [0.15, 0.2) is 0 Å². The van der Waals surface area contributed by atoms with E-state index in [0.717, 1.165) is 0 Å². The van der Waals surface area contributed by atoms with E-state index in [1.165, 1.54) is 0 Å². The molecular weight excluding hydrogens is 461 g/mol. The molecule has 13 heteroatoms. The van der Waals surface area contributed by atoms with Gasteiger partial charge in [-0.05, 0) is 85.1 Å². The third-order valence-corrected chi connectivity index (χ3v) is 27.1. The summed E-state index contributed by atoms with van der Waals surface area (Å²) in [6.45, 7) is 29.7. The van der Waals surface area contributed by atoms with Crippen molar-refractivity contribution in [3.63, 3.8) is 0 Å². The molecule has 0 amide bonds. The first-order valence-corrected chi connectivity index (χ1v) is 29.2. The largest absolute Gasteiger partial charge is 0.442 e. The lowest BCUT2D eigenvalue weighted by Gasteiger charge is -2.42. The van der Waals surface area contributed by atoms with Crippen LogP contribution in [-0.2, 0) is 24.7 Å². The molecule has 0 aromatic heterocycles. The van der Waals surface area contributed by atoms with Gasteiger partial charge in [-0.1, -0.05) is 6.55 Å². The van der Waals surface area contributed by atoms with Crippen LogP contribution in [0.3, 0.4) is 0 Å². The zero-order valence-electron chi connectivity index (χ0n) is 20.2.